The molecular weight excluding hydrogens is 991 g/mol. The molecule has 4 aromatic carbocycles. The number of nitrogens with zero attached hydrogens (tertiary/aromatic N) is 4. The van der Waals surface area contributed by atoms with Gasteiger partial charge in [0.25, 0.3) is 10.1 Å². The highest BCUT2D eigenvalue weighted by Crippen LogP contribution is 2.51. The molecule has 0 aromatic heterocycles. The molecule has 7 N–H and O–H groups in total. The fraction of sp³-hybridized carbons (Fsp3) is 0.267. The van der Waals surface area contributed by atoms with Crippen LogP contribution in [0.25, 0.3) is 10.8 Å². The van der Waals surface area contributed by atoms with E-state index in [2.05, 4.69) is 38.2 Å². The Morgan fingerprint density at radius 1 is 0.641 bits per heavy atom. The Balaban J connectivity index is 1.83. The first kappa shape index (κ1) is 51.7. The number of phenols is 1. The Labute approximate surface area is 370 Å². The summed E-state index contributed by atoms with van der Waals surface area (Å²) in [6.07, 6.45) is 0. The largest absolute Gasteiger partial charge is 0.505 e. The molecule has 0 unspecified atom stereocenters. The van der Waals surface area contributed by atoms with E-state index < -0.39 is 92.3 Å². The third kappa shape index (κ3) is 13.6. The lowest BCUT2D eigenvalue weighted by Gasteiger charge is -2.15. The Morgan fingerprint density at radius 3 is 1.77 bits per heavy atom. The van der Waals surface area contributed by atoms with Crippen LogP contribution in [-0.4, -0.2) is 111 Å². The van der Waals surface area contributed by atoms with Gasteiger partial charge < -0.3 is 34.7 Å². The van der Waals surface area contributed by atoms with Crippen LogP contribution in [0.4, 0.5) is 28.4 Å². The number of sulfone groups is 1. The first-order chi connectivity index (χ1) is 30.0. The van der Waals surface area contributed by atoms with Crippen LogP contribution in [0.2, 0.25) is 0 Å². The number of rotatable bonds is 24. The van der Waals surface area contributed by atoms with Gasteiger partial charge in [-0.05, 0) is 17.5 Å². The lowest BCUT2D eigenvalue weighted by molar-refractivity contribution is -0.432. The predicted molar refractivity (Wildman–Crippen MR) is 219 cm³/mol. The van der Waals surface area contributed by atoms with Crippen molar-refractivity contribution < 1.29 is 104 Å². The van der Waals surface area contributed by atoms with Crippen molar-refractivity contribution in [3.63, 3.8) is 0 Å². The number of fused-ring (bicyclic) bond motifs is 1. The van der Waals surface area contributed by atoms with E-state index in [0.717, 1.165) is 38.5 Å². The lowest BCUT2D eigenvalue weighted by atomic mass is 10.1. The van der Waals surface area contributed by atoms with Crippen molar-refractivity contribution in [2.45, 2.75) is 14.7 Å². The van der Waals surface area contributed by atoms with Crippen LogP contribution >= 0.6 is 24.1 Å². The lowest BCUT2D eigenvalue weighted by Crippen LogP contribution is -2.16. The normalized spacial score (nSPS) is 12.6. The molecule has 0 fully saturated rings. The van der Waals surface area contributed by atoms with Crippen molar-refractivity contribution in [2.24, 2.45) is 20.5 Å². The highest BCUT2D eigenvalue weighted by Gasteiger charge is 2.27. The van der Waals surface area contributed by atoms with Gasteiger partial charge in [0.15, 0.2) is 27.1 Å². The fourth-order valence-electron chi connectivity index (χ4n) is 5.03. The van der Waals surface area contributed by atoms with Crippen LogP contribution < -0.4 is 29.6 Å². The summed E-state index contributed by atoms with van der Waals surface area (Å²) in [4.78, 5) is 3.48. The van der Waals surface area contributed by atoms with E-state index in [1.165, 1.54) is 26.4 Å². The fourth-order valence-corrected chi connectivity index (χ4v) is 8.59. The van der Waals surface area contributed by atoms with Crippen molar-refractivity contribution in [3.05, 3.63) is 36.4 Å². The highest BCUT2D eigenvalue weighted by molar-refractivity contribution is 7.95. The molecule has 0 bridgehead atoms. The molecule has 0 spiro atoms. The second-order valence-corrected chi connectivity index (χ2v) is 18.7. The quantitative estimate of drug-likeness (QED) is 0.0102. The summed E-state index contributed by atoms with van der Waals surface area (Å²) < 4.78 is 161. The molecule has 64 heavy (non-hydrogen) atoms. The van der Waals surface area contributed by atoms with Crippen LogP contribution in [0.5, 0.6) is 34.5 Å². The molecule has 0 aliphatic rings. The van der Waals surface area contributed by atoms with Gasteiger partial charge >= 0.3 is 20.8 Å². The van der Waals surface area contributed by atoms with Crippen LogP contribution in [0.15, 0.2) is 71.5 Å². The molecule has 0 aliphatic carbocycles. The number of ether oxygens (including phenoxy) is 4. The SMILES string of the molecule is COc1cc(S(=O)(=O)CCOS(=O)(=O)O)c(OC)cc1N=Nc1c(S(=O)(=O)O)cc2cc(SOOO)c(N=Nc3cc(OC)c(OOSCCOS(=O)(=O)O)cc3OC)c(O)c2c1N. The maximum atomic E-state index is 13.0. The predicted octanol–water partition coefficient (Wildman–Crippen LogP) is 5.04. The molecule has 0 aliphatic heterocycles. The molecule has 0 saturated heterocycles. The van der Waals surface area contributed by atoms with Crippen LogP contribution in [-0.2, 0) is 62.8 Å². The summed E-state index contributed by atoms with van der Waals surface area (Å²) in [5.41, 5.74) is 4.16. The maximum Gasteiger partial charge on any atom is 0.397 e. The topological polar surface area (TPSA) is 405 Å². The molecule has 28 nitrogen and oxygen atoms in total. The number of hydrogen-bond acceptors (Lipinski definition) is 27. The van der Waals surface area contributed by atoms with Gasteiger partial charge in [-0.2, -0.15) is 25.3 Å². The number of nitrogens with two attached hydrogens (primary N) is 1. The van der Waals surface area contributed by atoms with Gasteiger partial charge in [-0.15, -0.1) is 29.1 Å². The summed E-state index contributed by atoms with van der Waals surface area (Å²) in [7, 11) is -14.6. The molecule has 352 valence electrons. The molecule has 4 rings (SSSR count). The minimum atomic E-state index is -5.21. The number of methoxy groups -OCH3 is 4. The second kappa shape index (κ2) is 21.8. The summed E-state index contributed by atoms with van der Waals surface area (Å²) in [6, 6.07) is 6.37. The van der Waals surface area contributed by atoms with Crippen LogP contribution in [0.3, 0.4) is 0 Å². The molecule has 0 atom stereocenters. The third-order valence-electron chi connectivity index (χ3n) is 7.68. The Morgan fingerprint density at radius 2 is 1.20 bits per heavy atom. The minimum absolute atomic E-state index is 0.0216. The number of azo groups is 2. The smallest absolute Gasteiger partial charge is 0.397 e. The van der Waals surface area contributed by atoms with Gasteiger partial charge in [0.05, 0.1) is 75.4 Å². The van der Waals surface area contributed by atoms with Gasteiger partial charge in [-0.1, -0.05) is 5.04 Å². The van der Waals surface area contributed by atoms with E-state index in [-0.39, 0.29) is 73.6 Å². The standard InChI is InChI=1S/C30H33N5O23S6/c1-49-18-13-21(55-57-59-7-5-53-63(43,44)45)20(51-3)11-16(18)32-34-28-23(60-58-56-37)9-15-10-25(62(40,41)42)29(27(31)26(15)30(28)36)35-33-17-12-22(52-4)24(14-19(17)50-2)61(38,39)8-6-54-64(46,47)48/h9-14,36-37H,5-8,31H2,1-4H3,(H,40,41,42)(H,43,44,45)(H,46,47,48). The number of nitrogen functional groups attached to an aromatic ring is 1. The van der Waals surface area contributed by atoms with Gasteiger partial charge in [0.1, 0.15) is 44.0 Å². The molecular formula is C30H33N5O23S6. The van der Waals surface area contributed by atoms with E-state index in [9.17, 15) is 43.3 Å². The third-order valence-corrected chi connectivity index (χ3v) is 12.3. The summed E-state index contributed by atoms with van der Waals surface area (Å²) in [5, 5.41) is 39.7. The van der Waals surface area contributed by atoms with E-state index in [1.54, 1.807) is 0 Å². The van der Waals surface area contributed by atoms with Gasteiger partial charge in [0.2, 0.25) is 5.75 Å². The average molecular weight is 1020 g/mol. The van der Waals surface area contributed by atoms with Crippen molar-refractivity contribution in [1.29, 1.82) is 0 Å². The Hall–Kier alpha value is -4.92. The zero-order valence-corrected chi connectivity index (χ0v) is 37.6. The second-order valence-electron chi connectivity index (χ2n) is 11.5. The molecule has 0 radical (unpaired) electrons. The Kier molecular flexibility index (Phi) is 17.6. The number of aromatic hydroxyl groups is 1. The highest BCUT2D eigenvalue weighted by atomic mass is 32.3. The van der Waals surface area contributed by atoms with Crippen molar-refractivity contribution in [2.75, 3.05) is 58.9 Å². The molecule has 0 saturated carbocycles. The van der Waals surface area contributed by atoms with Crippen molar-refractivity contribution >= 4 is 104 Å². The summed E-state index contributed by atoms with van der Waals surface area (Å²) in [5.74, 6) is -2.71. The van der Waals surface area contributed by atoms with E-state index in [1.807, 2.05) is 0 Å². The average Bonchev–Trinajstić information content (AvgIpc) is 3.21. The molecule has 0 amide bonds. The minimum Gasteiger partial charge on any atom is -0.505 e. The number of anilines is 1. The summed E-state index contributed by atoms with van der Waals surface area (Å²) in [6.45, 7) is -1.43. The molecule has 4 aromatic rings. The molecule has 34 heteroatoms. The van der Waals surface area contributed by atoms with Gasteiger partial charge in [-0.25, -0.2) is 22.0 Å². The first-order valence-corrected chi connectivity index (χ1v) is 24.0. The van der Waals surface area contributed by atoms with E-state index in [4.69, 9.17) is 48.3 Å². The number of hydrogen-bond donors (Lipinski definition) is 6. The van der Waals surface area contributed by atoms with Gasteiger partial charge in [0, 0.05) is 42.1 Å². The van der Waals surface area contributed by atoms with Gasteiger partial charge in [-0.3, -0.25) is 13.7 Å². The van der Waals surface area contributed by atoms with Crippen LogP contribution in [0.1, 0.15) is 0 Å². The summed E-state index contributed by atoms with van der Waals surface area (Å²) >= 11 is 0.850. The van der Waals surface area contributed by atoms with E-state index in [0.29, 0.717) is 12.0 Å². The van der Waals surface area contributed by atoms with Crippen LogP contribution in [0, 0.1) is 0 Å². The maximum absolute atomic E-state index is 13.0. The van der Waals surface area contributed by atoms with Crippen molar-refractivity contribution in [3.8, 4) is 34.5 Å². The number of benzene rings is 4. The zero-order valence-electron chi connectivity index (χ0n) is 32.7. The number of phenolic OH excluding ortho intramolecular Hbond substituents is 1. The first-order valence-electron chi connectivity index (χ1n) is 16.5. The monoisotopic (exact) mass is 1020 g/mol. The van der Waals surface area contributed by atoms with E-state index >= 15 is 0 Å². The Bertz CT molecular complexity index is 2880. The van der Waals surface area contributed by atoms with Crippen molar-refractivity contribution in [1.82, 2.24) is 0 Å². The molecule has 0 heterocycles. The zero-order chi connectivity index (χ0) is 47.6.